The van der Waals surface area contributed by atoms with Gasteiger partial charge in [-0.3, -0.25) is 0 Å². The monoisotopic (exact) mass is 239 g/mol. The van der Waals surface area contributed by atoms with E-state index < -0.39 is 0 Å². The van der Waals surface area contributed by atoms with E-state index in [0.717, 1.165) is 22.8 Å². The number of thioether (sulfide) groups is 1. The number of hydrogen-bond donors (Lipinski definition) is 1. The van der Waals surface area contributed by atoms with E-state index in [0.29, 0.717) is 0 Å². The Balaban J connectivity index is 2.76. The minimum atomic E-state index is 0.0555. The van der Waals surface area contributed by atoms with E-state index in [-0.39, 0.29) is 12.1 Å². The van der Waals surface area contributed by atoms with Gasteiger partial charge in [-0.05, 0) is 25.7 Å². The molecule has 16 heavy (non-hydrogen) atoms. The lowest BCUT2D eigenvalue weighted by molar-refractivity contribution is 0.239. The first-order valence-corrected chi connectivity index (χ1v) is 6.89. The Morgan fingerprint density at radius 2 is 2.00 bits per heavy atom. The van der Waals surface area contributed by atoms with Crippen LogP contribution in [0, 0.1) is 0 Å². The molecule has 2 nitrogen and oxygen atoms in total. The zero-order chi connectivity index (χ0) is 12.0. The van der Waals surface area contributed by atoms with Crippen molar-refractivity contribution >= 4 is 11.8 Å². The molecule has 0 heterocycles. The predicted octanol–water partition coefficient (Wildman–Crippen LogP) is 3.23. The van der Waals surface area contributed by atoms with Crippen LogP contribution in [0.5, 0.6) is 5.75 Å². The second-order valence-electron chi connectivity index (χ2n) is 3.97. The fourth-order valence-electron chi connectivity index (χ4n) is 1.48. The molecule has 1 aromatic rings. The Morgan fingerprint density at radius 1 is 1.31 bits per heavy atom. The number of para-hydroxylation sites is 1. The molecule has 0 saturated heterocycles. The molecule has 0 spiro atoms. The fourth-order valence-corrected chi connectivity index (χ4v) is 2.15. The van der Waals surface area contributed by atoms with Gasteiger partial charge in [-0.25, -0.2) is 0 Å². The average molecular weight is 239 g/mol. The molecule has 0 bridgehead atoms. The third kappa shape index (κ3) is 4.06. The molecular weight excluding hydrogens is 218 g/mol. The van der Waals surface area contributed by atoms with Crippen LogP contribution in [0.4, 0.5) is 0 Å². The molecular formula is C13H21NOS. The maximum absolute atomic E-state index is 6.16. The minimum absolute atomic E-state index is 0.0555. The van der Waals surface area contributed by atoms with Gasteiger partial charge < -0.3 is 10.5 Å². The van der Waals surface area contributed by atoms with Crippen molar-refractivity contribution in [1.29, 1.82) is 0 Å². The third-order valence-electron chi connectivity index (χ3n) is 2.18. The van der Waals surface area contributed by atoms with Gasteiger partial charge in [0.05, 0.1) is 6.10 Å². The van der Waals surface area contributed by atoms with Crippen molar-refractivity contribution in [1.82, 2.24) is 0 Å². The molecule has 90 valence electrons. The van der Waals surface area contributed by atoms with Gasteiger partial charge in [0.1, 0.15) is 5.75 Å². The summed E-state index contributed by atoms with van der Waals surface area (Å²) >= 11 is 1.86. The summed E-state index contributed by atoms with van der Waals surface area (Å²) in [4.78, 5) is 0. The van der Waals surface area contributed by atoms with E-state index in [1.807, 2.05) is 43.8 Å². The first-order chi connectivity index (χ1) is 7.65. The molecule has 0 fully saturated rings. The lowest BCUT2D eigenvalue weighted by Gasteiger charge is -2.18. The largest absolute Gasteiger partial charge is 0.491 e. The van der Waals surface area contributed by atoms with Crippen LogP contribution in [-0.4, -0.2) is 17.6 Å². The molecule has 1 rings (SSSR count). The number of rotatable bonds is 6. The summed E-state index contributed by atoms with van der Waals surface area (Å²) in [6, 6.07) is 8.10. The first-order valence-electron chi connectivity index (χ1n) is 5.74. The van der Waals surface area contributed by atoms with E-state index in [4.69, 9.17) is 10.5 Å². The van der Waals surface area contributed by atoms with Crippen molar-refractivity contribution in [3.63, 3.8) is 0 Å². The highest BCUT2D eigenvalue weighted by atomic mass is 32.2. The zero-order valence-corrected chi connectivity index (χ0v) is 11.1. The van der Waals surface area contributed by atoms with Gasteiger partial charge in [0.2, 0.25) is 0 Å². The van der Waals surface area contributed by atoms with E-state index in [1.54, 1.807) is 0 Å². The SMILES string of the molecule is CCSCC(N)c1ccccc1OC(C)C. The second-order valence-corrected chi connectivity index (χ2v) is 5.29. The smallest absolute Gasteiger partial charge is 0.124 e. The Kier molecular flexibility index (Phi) is 5.71. The van der Waals surface area contributed by atoms with Crippen LogP contribution in [0.2, 0.25) is 0 Å². The van der Waals surface area contributed by atoms with Gasteiger partial charge >= 0.3 is 0 Å². The van der Waals surface area contributed by atoms with E-state index in [2.05, 4.69) is 13.0 Å². The number of benzene rings is 1. The van der Waals surface area contributed by atoms with Crippen LogP contribution < -0.4 is 10.5 Å². The maximum atomic E-state index is 6.16. The Labute approximate surface area is 103 Å². The van der Waals surface area contributed by atoms with Crippen molar-refractivity contribution in [3.8, 4) is 5.75 Å². The van der Waals surface area contributed by atoms with Crippen molar-refractivity contribution in [2.75, 3.05) is 11.5 Å². The molecule has 0 aliphatic carbocycles. The first kappa shape index (κ1) is 13.4. The Bertz CT molecular complexity index is 315. The van der Waals surface area contributed by atoms with E-state index >= 15 is 0 Å². The molecule has 0 aliphatic heterocycles. The molecule has 3 heteroatoms. The molecule has 0 aliphatic rings. The quantitative estimate of drug-likeness (QED) is 0.828. The fraction of sp³-hybridized carbons (Fsp3) is 0.538. The molecule has 0 radical (unpaired) electrons. The third-order valence-corrected chi connectivity index (χ3v) is 3.19. The van der Waals surface area contributed by atoms with Crippen LogP contribution in [0.3, 0.4) is 0 Å². The van der Waals surface area contributed by atoms with Crippen LogP contribution in [0.15, 0.2) is 24.3 Å². The highest BCUT2D eigenvalue weighted by Crippen LogP contribution is 2.26. The molecule has 2 N–H and O–H groups in total. The van der Waals surface area contributed by atoms with Crippen LogP contribution in [0.1, 0.15) is 32.4 Å². The summed E-state index contributed by atoms with van der Waals surface area (Å²) in [5.41, 5.74) is 7.27. The topological polar surface area (TPSA) is 35.2 Å². The standard InChI is InChI=1S/C13H21NOS/c1-4-16-9-12(14)11-7-5-6-8-13(11)15-10(2)3/h5-8,10,12H,4,9,14H2,1-3H3. The molecule has 1 unspecified atom stereocenters. The van der Waals surface area contributed by atoms with Crippen molar-refractivity contribution in [2.45, 2.75) is 32.9 Å². The average Bonchev–Trinajstić information content (AvgIpc) is 2.26. The van der Waals surface area contributed by atoms with E-state index in [9.17, 15) is 0 Å². The highest BCUT2D eigenvalue weighted by molar-refractivity contribution is 7.99. The van der Waals surface area contributed by atoms with Crippen LogP contribution >= 0.6 is 11.8 Å². The molecule has 0 amide bonds. The predicted molar refractivity (Wildman–Crippen MR) is 72.1 cm³/mol. The normalized spacial score (nSPS) is 12.8. The summed E-state index contributed by atoms with van der Waals surface area (Å²) in [5, 5.41) is 0. The maximum Gasteiger partial charge on any atom is 0.124 e. The van der Waals surface area contributed by atoms with Gasteiger partial charge in [-0.2, -0.15) is 11.8 Å². The van der Waals surface area contributed by atoms with Crippen molar-refractivity contribution in [2.24, 2.45) is 5.73 Å². The summed E-state index contributed by atoms with van der Waals surface area (Å²) in [6.45, 7) is 6.21. The summed E-state index contributed by atoms with van der Waals surface area (Å²) in [6.07, 6.45) is 0.187. The molecule has 0 aromatic heterocycles. The Hall–Kier alpha value is -0.670. The Morgan fingerprint density at radius 3 is 2.62 bits per heavy atom. The summed E-state index contributed by atoms with van der Waals surface area (Å²) in [5.74, 6) is 2.96. The lowest BCUT2D eigenvalue weighted by atomic mass is 10.1. The van der Waals surface area contributed by atoms with Gasteiger partial charge in [0.25, 0.3) is 0 Å². The van der Waals surface area contributed by atoms with Crippen molar-refractivity contribution in [3.05, 3.63) is 29.8 Å². The van der Waals surface area contributed by atoms with Crippen molar-refractivity contribution < 1.29 is 4.74 Å². The summed E-state index contributed by atoms with van der Waals surface area (Å²) < 4.78 is 5.76. The van der Waals surface area contributed by atoms with Crippen LogP contribution in [-0.2, 0) is 0 Å². The molecule has 0 saturated carbocycles. The number of nitrogens with two attached hydrogens (primary N) is 1. The highest BCUT2D eigenvalue weighted by Gasteiger charge is 2.12. The van der Waals surface area contributed by atoms with Crippen LogP contribution in [0.25, 0.3) is 0 Å². The minimum Gasteiger partial charge on any atom is -0.491 e. The lowest BCUT2D eigenvalue weighted by Crippen LogP contribution is -2.16. The molecule has 1 aromatic carbocycles. The van der Waals surface area contributed by atoms with Gasteiger partial charge in [-0.15, -0.1) is 0 Å². The number of hydrogen-bond acceptors (Lipinski definition) is 3. The second kappa shape index (κ2) is 6.81. The number of ether oxygens (including phenoxy) is 1. The van der Waals surface area contributed by atoms with Gasteiger partial charge in [-0.1, -0.05) is 25.1 Å². The van der Waals surface area contributed by atoms with Gasteiger partial charge in [0, 0.05) is 17.4 Å². The molecule has 1 atom stereocenters. The zero-order valence-electron chi connectivity index (χ0n) is 10.3. The summed E-state index contributed by atoms with van der Waals surface area (Å²) in [7, 11) is 0. The van der Waals surface area contributed by atoms with E-state index in [1.165, 1.54) is 0 Å². The van der Waals surface area contributed by atoms with Gasteiger partial charge in [0.15, 0.2) is 0 Å².